The van der Waals surface area contributed by atoms with Crippen LogP contribution in [0.5, 0.6) is 5.88 Å². The predicted molar refractivity (Wildman–Crippen MR) is 63.9 cm³/mol. The van der Waals surface area contributed by atoms with E-state index in [1.54, 1.807) is 12.4 Å². The van der Waals surface area contributed by atoms with Gasteiger partial charge in [-0.1, -0.05) is 0 Å². The van der Waals surface area contributed by atoms with Gasteiger partial charge < -0.3 is 15.0 Å². The van der Waals surface area contributed by atoms with Gasteiger partial charge in [0.15, 0.2) is 0 Å². The monoisotopic (exact) mass is 233 g/mol. The number of H-pyrrole nitrogens is 1. The van der Waals surface area contributed by atoms with Gasteiger partial charge in [0.2, 0.25) is 5.88 Å². The van der Waals surface area contributed by atoms with Gasteiger partial charge in [0.05, 0.1) is 18.7 Å². The minimum atomic E-state index is 0.593. The third-order valence-corrected chi connectivity index (χ3v) is 2.30. The van der Waals surface area contributed by atoms with Crippen LogP contribution in [0.15, 0.2) is 18.7 Å². The SMILES string of the molecule is CCOc1ncnc(NCc2ncc[nH]2)c1C. The lowest BCUT2D eigenvalue weighted by atomic mass is 10.3. The fraction of sp³-hybridized carbons (Fsp3) is 0.364. The van der Waals surface area contributed by atoms with Crippen LogP contribution in [-0.2, 0) is 6.54 Å². The summed E-state index contributed by atoms with van der Waals surface area (Å²) in [5, 5.41) is 3.19. The Hall–Kier alpha value is -2.11. The fourth-order valence-electron chi connectivity index (χ4n) is 1.46. The molecule has 0 fully saturated rings. The summed E-state index contributed by atoms with van der Waals surface area (Å²) in [6, 6.07) is 0. The van der Waals surface area contributed by atoms with Gasteiger partial charge in [-0.05, 0) is 13.8 Å². The highest BCUT2D eigenvalue weighted by molar-refractivity contribution is 5.47. The number of rotatable bonds is 5. The minimum Gasteiger partial charge on any atom is -0.478 e. The molecule has 0 aromatic carbocycles. The molecule has 0 aliphatic heterocycles. The third-order valence-electron chi connectivity index (χ3n) is 2.30. The molecule has 6 nitrogen and oxygen atoms in total. The Bertz CT molecular complexity index is 469. The maximum atomic E-state index is 5.40. The summed E-state index contributed by atoms with van der Waals surface area (Å²) in [7, 11) is 0. The van der Waals surface area contributed by atoms with Gasteiger partial charge in [-0.25, -0.2) is 15.0 Å². The number of hydrogen-bond donors (Lipinski definition) is 2. The molecule has 2 N–H and O–H groups in total. The Labute approximate surface area is 99.5 Å². The van der Waals surface area contributed by atoms with Crippen molar-refractivity contribution < 1.29 is 4.74 Å². The van der Waals surface area contributed by atoms with Crippen LogP contribution < -0.4 is 10.1 Å². The van der Waals surface area contributed by atoms with Gasteiger partial charge in [0.1, 0.15) is 18.0 Å². The van der Waals surface area contributed by atoms with E-state index in [2.05, 4.69) is 25.3 Å². The Balaban J connectivity index is 2.07. The molecule has 2 rings (SSSR count). The molecule has 0 saturated heterocycles. The van der Waals surface area contributed by atoms with Gasteiger partial charge in [-0.2, -0.15) is 0 Å². The first kappa shape index (κ1) is 11.4. The van der Waals surface area contributed by atoms with E-state index in [1.807, 2.05) is 13.8 Å². The molecular formula is C11H15N5O. The topological polar surface area (TPSA) is 75.7 Å². The third kappa shape index (κ3) is 2.72. The Morgan fingerprint density at radius 2 is 2.24 bits per heavy atom. The second kappa shape index (κ2) is 5.29. The first-order valence-electron chi connectivity index (χ1n) is 5.47. The summed E-state index contributed by atoms with van der Waals surface area (Å²) in [6.07, 6.45) is 4.99. The smallest absolute Gasteiger partial charge is 0.221 e. The highest BCUT2D eigenvalue weighted by atomic mass is 16.5. The van der Waals surface area contributed by atoms with Crippen molar-refractivity contribution in [3.63, 3.8) is 0 Å². The maximum Gasteiger partial charge on any atom is 0.221 e. The van der Waals surface area contributed by atoms with E-state index in [-0.39, 0.29) is 0 Å². The number of imidazole rings is 1. The largest absolute Gasteiger partial charge is 0.478 e. The first-order chi connectivity index (χ1) is 8.31. The summed E-state index contributed by atoms with van der Waals surface area (Å²) in [4.78, 5) is 15.4. The van der Waals surface area contributed by atoms with Crippen LogP contribution in [0.25, 0.3) is 0 Å². The molecule has 0 unspecified atom stereocenters. The number of nitrogens with zero attached hydrogens (tertiary/aromatic N) is 3. The lowest BCUT2D eigenvalue weighted by molar-refractivity contribution is 0.324. The van der Waals surface area contributed by atoms with Crippen molar-refractivity contribution in [2.24, 2.45) is 0 Å². The number of anilines is 1. The zero-order valence-electron chi connectivity index (χ0n) is 9.90. The number of nitrogens with one attached hydrogen (secondary N) is 2. The summed E-state index contributed by atoms with van der Waals surface area (Å²) in [5.41, 5.74) is 0.904. The Morgan fingerprint density at radius 3 is 2.94 bits per heavy atom. The molecule has 6 heteroatoms. The standard InChI is InChI=1S/C11H15N5O/c1-3-17-11-8(2)10(15-7-16-11)14-6-9-12-4-5-13-9/h4-5,7H,3,6H2,1-2H3,(H,12,13)(H,14,15,16). The predicted octanol–water partition coefficient (Wildman–Crippen LogP) is 1.52. The van der Waals surface area contributed by atoms with Crippen molar-refractivity contribution in [2.45, 2.75) is 20.4 Å². The van der Waals surface area contributed by atoms with Crippen molar-refractivity contribution >= 4 is 5.82 Å². The number of hydrogen-bond acceptors (Lipinski definition) is 5. The van der Waals surface area contributed by atoms with Crippen LogP contribution in [0.1, 0.15) is 18.3 Å². The van der Waals surface area contributed by atoms with E-state index in [1.165, 1.54) is 6.33 Å². The van der Waals surface area contributed by atoms with Crippen LogP contribution in [0.4, 0.5) is 5.82 Å². The van der Waals surface area contributed by atoms with E-state index < -0.39 is 0 Å². The lowest BCUT2D eigenvalue weighted by Crippen LogP contribution is -2.07. The van der Waals surface area contributed by atoms with E-state index in [0.29, 0.717) is 19.0 Å². The molecule has 0 aliphatic rings. The zero-order chi connectivity index (χ0) is 12.1. The molecular weight excluding hydrogens is 218 g/mol. The average molecular weight is 233 g/mol. The second-order valence-electron chi connectivity index (χ2n) is 3.47. The van der Waals surface area contributed by atoms with Crippen LogP contribution in [-0.4, -0.2) is 26.5 Å². The summed E-state index contributed by atoms with van der Waals surface area (Å²) < 4.78 is 5.40. The van der Waals surface area contributed by atoms with Crippen LogP contribution >= 0.6 is 0 Å². The molecule has 17 heavy (non-hydrogen) atoms. The van der Waals surface area contributed by atoms with E-state index in [0.717, 1.165) is 17.2 Å². The van der Waals surface area contributed by atoms with E-state index in [9.17, 15) is 0 Å². The molecule has 2 heterocycles. The molecule has 2 aromatic heterocycles. The molecule has 2 aromatic rings. The second-order valence-corrected chi connectivity index (χ2v) is 3.47. The fourth-order valence-corrected chi connectivity index (χ4v) is 1.46. The van der Waals surface area contributed by atoms with Gasteiger partial charge in [0, 0.05) is 12.4 Å². The summed E-state index contributed by atoms with van der Waals surface area (Å²) in [6.45, 7) is 5.04. The summed E-state index contributed by atoms with van der Waals surface area (Å²) >= 11 is 0. The van der Waals surface area contributed by atoms with Crippen molar-refractivity contribution in [3.05, 3.63) is 30.1 Å². The lowest BCUT2D eigenvalue weighted by Gasteiger charge is -2.10. The van der Waals surface area contributed by atoms with Crippen LogP contribution in [0, 0.1) is 6.92 Å². The molecule has 0 saturated carbocycles. The maximum absolute atomic E-state index is 5.40. The Kier molecular flexibility index (Phi) is 3.54. The minimum absolute atomic E-state index is 0.593. The molecule has 0 amide bonds. The average Bonchev–Trinajstić information content (AvgIpc) is 2.83. The highest BCUT2D eigenvalue weighted by Gasteiger charge is 2.07. The number of aromatic nitrogens is 4. The molecule has 0 aliphatic carbocycles. The van der Waals surface area contributed by atoms with Crippen LogP contribution in [0.2, 0.25) is 0 Å². The van der Waals surface area contributed by atoms with Gasteiger partial charge >= 0.3 is 0 Å². The van der Waals surface area contributed by atoms with Crippen molar-refractivity contribution in [2.75, 3.05) is 11.9 Å². The number of ether oxygens (including phenoxy) is 1. The van der Waals surface area contributed by atoms with Gasteiger partial charge in [-0.3, -0.25) is 0 Å². The zero-order valence-corrected chi connectivity index (χ0v) is 9.90. The van der Waals surface area contributed by atoms with E-state index in [4.69, 9.17) is 4.74 Å². The highest BCUT2D eigenvalue weighted by Crippen LogP contribution is 2.20. The van der Waals surface area contributed by atoms with Crippen LogP contribution in [0.3, 0.4) is 0 Å². The first-order valence-corrected chi connectivity index (χ1v) is 5.47. The van der Waals surface area contributed by atoms with Gasteiger partial charge in [0.25, 0.3) is 0 Å². The molecule has 0 atom stereocenters. The summed E-state index contributed by atoms with van der Waals surface area (Å²) in [5.74, 6) is 2.24. The molecule has 0 bridgehead atoms. The van der Waals surface area contributed by atoms with Crippen molar-refractivity contribution in [1.82, 2.24) is 19.9 Å². The Morgan fingerprint density at radius 1 is 1.35 bits per heavy atom. The molecule has 90 valence electrons. The normalized spacial score (nSPS) is 10.2. The number of aromatic amines is 1. The molecule has 0 radical (unpaired) electrons. The van der Waals surface area contributed by atoms with E-state index >= 15 is 0 Å². The molecule has 0 spiro atoms. The van der Waals surface area contributed by atoms with Crippen molar-refractivity contribution in [1.29, 1.82) is 0 Å². The van der Waals surface area contributed by atoms with Crippen molar-refractivity contribution in [3.8, 4) is 5.88 Å². The quantitative estimate of drug-likeness (QED) is 0.818. The van der Waals surface area contributed by atoms with Gasteiger partial charge in [-0.15, -0.1) is 0 Å².